The zero-order chi connectivity index (χ0) is 18.5. The molecule has 0 heterocycles. The Kier molecular flexibility index (Phi) is 8.10. The third kappa shape index (κ3) is 4.76. The predicted molar refractivity (Wildman–Crippen MR) is 142 cm³/mol. The van der Waals surface area contributed by atoms with Crippen molar-refractivity contribution in [3.63, 3.8) is 0 Å². The number of benzene rings is 3. The number of halogens is 2. The van der Waals surface area contributed by atoms with Gasteiger partial charge in [-0.25, -0.2) is 0 Å². The van der Waals surface area contributed by atoms with E-state index >= 15 is 0 Å². The zero-order valence-electron chi connectivity index (χ0n) is 13.9. The van der Waals surface area contributed by atoms with E-state index in [1.807, 2.05) is 0 Å². The van der Waals surface area contributed by atoms with E-state index < -0.39 is 0 Å². The summed E-state index contributed by atoms with van der Waals surface area (Å²) in [6.45, 7) is 0. The molecule has 130 valence electrons. The van der Waals surface area contributed by atoms with Gasteiger partial charge in [0.05, 0.1) is 0 Å². The van der Waals surface area contributed by atoms with Crippen molar-refractivity contribution >= 4 is 105 Å². The smallest absolute Gasteiger partial charge is 0.0396 e. The van der Waals surface area contributed by atoms with Crippen molar-refractivity contribution in [2.45, 2.75) is 9.79 Å². The second kappa shape index (κ2) is 10.1. The molecule has 0 saturated heterocycles. The van der Waals surface area contributed by atoms with Crippen LogP contribution in [0.3, 0.4) is 0 Å². The zero-order valence-corrected chi connectivity index (χ0v) is 21.4. The Hall–Kier alpha value is 0.160. The Morgan fingerprint density at radius 2 is 1.00 bits per heavy atom. The van der Waals surface area contributed by atoms with Crippen LogP contribution in [0, 0.1) is 22.3 Å². The summed E-state index contributed by atoms with van der Waals surface area (Å²) >= 11 is 7.90. The molecule has 0 aliphatic carbocycles. The summed E-state index contributed by atoms with van der Waals surface area (Å²) in [6.07, 6.45) is 4.20. The summed E-state index contributed by atoms with van der Waals surface area (Å²) in [4.78, 5) is 2.44. The Bertz CT molecular complexity index is 1010. The molecule has 3 aromatic carbocycles. The molecule has 26 heavy (non-hydrogen) atoms. The van der Waals surface area contributed by atoms with Gasteiger partial charge in [0.25, 0.3) is 0 Å². The van der Waals surface area contributed by atoms with Gasteiger partial charge in [-0.15, -0.1) is 23.5 Å². The van der Waals surface area contributed by atoms with Crippen LogP contribution in [0.25, 0.3) is 21.5 Å². The highest BCUT2D eigenvalue weighted by molar-refractivity contribution is 14.2. The van der Waals surface area contributed by atoms with Crippen LogP contribution in [0.5, 0.6) is 0 Å². The van der Waals surface area contributed by atoms with Crippen molar-refractivity contribution in [2.24, 2.45) is 0 Å². The fourth-order valence-electron chi connectivity index (χ4n) is 2.74. The lowest BCUT2D eigenvalue weighted by Crippen LogP contribution is -1.86. The van der Waals surface area contributed by atoms with Crippen molar-refractivity contribution in [1.29, 1.82) is 0 Å². The third-order valence-corrected chi connectivity index (χ3v) is 7.12. The molecule has 0 N–H and O–H groups in total. The van der Waals surface area contributed by atoms with Crippen LogP contribution < -0.4 is 0 Å². The molecule has 0 spiro atoms. The second-order valence-electron chi connectivity index (χ2n) is 5.26. The maximum absolute atomic E-state index is 3.27. The Balaban J connectivity index is 2.26. The van der Waals surface area contributed by atoms with Crippen LogP contribution in [-0.2, 0) is 0 Å². The Labute approximate surface area is 195 Å². The highest BCUT2D eigenvalue weighted by Crippen LogP contribution is 2.33. The molecule has 0 aromatic heterocycles. The van der Waals surface area contributed by atoms with E-state index in [1.54, 1.807) is 23.5 Å². The van der Waals surface area contributed by atoms with Gasteiger partial charge in [0.1, 0.15) is 0 Å². The van der Waals surface area contributed by atoms with Crippen molar-refractivity contribution in [3.05, 3.63) is 47.5 Å². The minimum atomic E-state index is 1.10. The first kappa shape index (κ1) is 20.9. The maximum atomic E-state index is 3.27. The number of hydrogen-bond donors (Lipinski definition) is 0. The van der Waals surface area contributed by atoms with E-state index in [-0.39, 0.29) is 0 Å². The monoisotopic (exact) mass is 634 g/mol. The molecule has 0 aliphatic rings. The Morgan fingerprint density at radius 3 is 1.35 bits per heavy atom. The minimum absolute atomic E-state index is 1.10. The van der Waals surface area contributed by atoms with E-state index in [4.69, 9.17) is 0 Å². The van der Waals surface area contributed by atoms with Gasteiger partial charge in [0, 0.05) is 63.3 Å². The van der Waals surface area contributed by atoms with Gasteiger partial charge in [-0.05, 0) is 98.8 Å². The molecule has 3 rings (SSSR count). The SMILES string of the molecule is CSc1cc2cc3cc(C#CSI)c(SC)cc3cc2cc1C#CSI. The van der Waals surface area contributed by atoms with E-state index in [0.29, 0.717) is 0 Å². The van der Waals surface area contributed by atoms with Crippen LogP contribution >= 0.6 is 83.8 Å². The molecule has 0 fully saturated rings. The Morgan fingerprint density at radius 1 is 0.615 bits per heavy atom. The van der Waals surface area contributed by atoms with Crippen LogP contribution in [0.1, 0.15) is 11.1 Å². The van der Waals surface area contributed by atoms with E-state index in [9.17, 15) is 0 Å². The summed E-state index contributed by atoms with van der Waals surface area (Å²) in [6, 6.07) is 13.4. The molecule has 6 heteroatoms. The van der Waals surface area contributed by atoms with Gasteiger partial charge < -0.3 is 0 Å². The molecule has 3 aromatic rings. The average molecular weight is 634 g/mol. The topological polar surface area (TPSA) is 0 Å². The van der Waals surface area contributed by atoms with Crippen LogP contribution in [0.15, 0.2) is 46.2 Å². The van der Waals surface area contributed by atoms with E-state index in [2.05, 4.69) is 114 Å². The highest BCUT2D eigenvalue weighted by Gasteiger charge is 2.07. The molecule has 0 saturated carbocycles. The molecule has 0 aliphatic heterocycles. The molecule has 0 nitrogen and oxygen atoms in total. The fraction of sp³-hybridized carbons (Fsp3) is 0.100. The second-order valence-corrected chi connectivity index (χ2v) is 10.3. The molecule has 0 bridgehead atoms. The summed E-state index contributed by atoms with van der Waals surface area (Å²) in [5.74, 6) is 6.54. The molecule has 0 amide bonds. The maximum Gasteiger partial charge on any atom is 0.0396 e. The summed E-state index contributed by atoms with van der Waals surface area (Å²) in [5.41, 5.74) is 2.19. The fourth-order valence-corrected chi connectivity index (χ4v) is 4.85. The summed E-state index contributed by atoms with van der Waals surface area (Å²) in [7, 11) is 3.04. The van der Waals surface area contributed by atoms with Crippen molar-refractivity contribution in [1.82, 2.24) is 0 Å². The van der Waals surface area contributed by atoms with Gasteiger partial charge in [0.15, 0.2) is 0 Å². The van der Waals surface area contributed by atoms with Crippen molar-refractivity contribution in [2.75, 3.05) is 12.5 Å². The molecular formula is C20H12I2S4. The lowest BCUT2D eigenvalue weighted by Gasteiger charge is -2.09. The highest BCUT2D eigenvalue weighted by atomic mass is 127. The summed E-state index contributed by atoms with van der Waals surface area (Å²) < 4.78 is 0. The normalized spacial score (nSPS) is 10.3. The van der Waals surface area contributed by atoms with Crippen LogP contribution in [0.2, 0.25) is 0 Å². The van der Waals surface area contributed by atoms with Crippen LogP contribution in [-0.4, -0.2) is 12.5 Å². The van der Waals surface area contributed by atoms with E-state index in [0.717, 1.165) is 11.1 Å². The molecular weight excluding hydrogens is 622 g/mol. The third-order valence-electron chi connectivity index (χ3n) is 3.88. The average Bonchev–Trinajstić information content (AvgIpc) is 2.67. The van der Waals surface area contributed by atoms with E-state index in [1.165, 1.54) is 49.2 Å². The van der Waals surface area contributed by atoms with Gasteiger partial charge in [0.2, 0.25) is 0 Å². The van der Waals surface area contributed by atoms with Gasteiger partial charge >= 0.3 is 0 Å². The number of hydrogen-bond acceptors (Lipinski definition) is 4. The molecule has 0 unspecified atom stereocenters. The number of fused-ring (bicyclic) bond motifs is 2. The number of thioether (sulfide) groups is 2. The summed E-state index contributed by atoms with van der Waals surface area (Å²) in [5, 5.41) is 11.2. The van der Waals surface area contributed by atoms with Crippen molar-refractivity contribution in [3.8, 4) is 22.3 Å². The van der Waals surface area contributed by atoms with Crippen molar-refractivity contribution < 1.29 is 0 Å². The van der Waals surface area contributed by atoms with Gasteiger partial charge in [-0.3, -0.25) is 0 Å². The predicted octanol–water partition coefficient (Wildman–Crippen LogP) is 8.22. The lowest BCUT2D eigenvalue weighted by atomic mass is 10.00. The quantitative estimate of drug-likeness (QED) is 0.121. The molecule has 0 radical (unpaired) electrons. The standard InChI is InChI=1S/C20H12I2S4/c1-23-19-11-17-9-16-8-14(4-6-26-22)20(24-2)12-18(16)10-15(17)7-13(19)3-5-25-21/h7-12H,1-2H3. The minimum Gasteiger partial charge on any atom is -0.128 e. The van der Waals surface area contributed by atoms with Gasteiger partial charge in [-0.2, -0.15) is 0 Å². The van der Waals surface area contributed by atoms with Gasteiger partial charge in [-0.1, -0.05) is 11.8 Å². The first-order valence-corrected chi connectivity index (χ1v) is 16.6. The van der Waals surface area contributed by atoms with Crippen LogP contribution in [0.4, 0.5) is 0 Å². The molecule has 0 atom stereocenters. The first-order valence-electron chi connectivity index (χ1n) is 7.41. The first-order chi connectivity index (χ1) is 12.7. The lowest BCUT2D eigenvalue weighted by molar-refractivity contribution is 1.45. The number of rotatable bonds is 2. The largest absolute Gasteiger partial charge is 0.128 e.